The first kappa shape index (κ1) is 40.7. The van der Waals surface area contributed by atoms with Crippen LogP contribution < -0.4 is 29.6 Å². The summed E-state index contributed by atoms with van der Waals surface area (Å²) in [5, 5.41) is 2.55. The van der Waals surface area contributed by atoms with E-state index >= 15 is 0 Å². The number of hydrogen-bond acceptors (Lipinski definition) is 14. The number of fused-ring (bicyclic) bond motifs is 4. The van der Waals surface area contributed by atoms with E-state index in [-0.39, 0.29) is 103 Å². The Balaban J connectivity index is 1.17. The van der Waals surface area contributed by atoms with E-state index < -0.39 is 62.0 Å². The van der Waals surface area contributed by atoms with E-state index in [1.807, 2.05) is 0 Å². The van der Waals surface area contributed by atoms with Gasteiger partial charge in [0.2, 0.25) is 0 Å². The molecule has 2 aromatic rings. The first-order valence-corrected chi connectivity index (χ1v) is 23.1. The standard InChI is InChI=1S/C34H43N4O13PS3/c1-19-11-25-31(54(42,43)44)35-23-15-29(27(48-3)13-21(23)33(39)37(25)17-19)50-5-7-52(41,9-10-53)8-6-51-30-16-24-22(14-28(30)49-4)34(40)38-18-20(2)12-26(38)32(36-24)55(45,46)47/h13-16,25-26,31-32,35-36,53H,1-2,5-12,17-18H2,3-4H3,(H,42,43,44)(H,45,46,47)/t25-,26-,31?,32?,52?/m0/s1. The van der Waals surface area contributed by atoms with Crippen molar-refractivity contribution in [3.63, 3.8) is 0 Å². The van der Waals surface area contributed by atoms with Gasteiger partial charge in [0, 0.05) is 43.7 Å². The van der Waals surface area contributed by atoms with Gasteiger partial charge in [0.25, 0.3) is 32.1 Å². The highest BCUT2D eigenvalue weighted by Gasteiger charge is 2.47. The van der Waals surface area contributed by atoms with Crippen LogP contribution in [0.2, 0.25) is 0 Å². The molecule has 2 amide bonds. The van der Waals surface area contributed by atoms with Gasteiger partial charge in [-0.15, -0.1) is 0 Å². The van der Waals surface area contributed by atoms with Crippen LogP contribution >= 0.6 is 19.8 Å². The van der Waals surface area contributed by atoms with Crippen LogP contribution in [0.3, 0.4) is 0 Å². The molecule has 0 saturated carbocycles. The van der Waals surface area contributed by atoms with Crippen molar-refractivity contribution in [3.05, 3.63) is 59.7 Å². The minimum atomic E-state index is -4.66. The number of anilines is 2. The molecule has 300 valence electrons. The average molecular weight is 843 g/mol. The molecule has 0 aliphatic carbocycles. The number of methoxy groups -OCH3 is 2. The molecule has 55 heavy (non-hydrogen) atoms. The lowest BCUT2D eigenvalue weighted by atomic mass is 10.1. The zero-order chi connectivity index (χ0) is 40.0. The van der Waals surface area contributed by atoms with E-state index in [1.54, 1.807) is 0 Å². The molecule has 2 fully saturated rings. The van der Waals surface area contributed by atoms with Crippen LogP contribution in [-0.2, 0) is 24.8 Å². The van der Waals surface area contributed by atoms with Crippen LogP contribution in [-0.4, -0.2) is 135 Å². The molecule has 4 aliphatic heterocycles. The highest BCUT2D eigenvalue weighted by molar-refractivity contribution is 7.86. The van der Waals surface area contributed by atoms with Crippen LogP contribution in [0, 0.1) is 0 Å². The molecule has 0 spiro atoms. The first-order valence-electron chi connectivity index (χ1n) is 17.2. The van der Waals surface area contributed by atoms with Gasteiger partial charge in [-0.2, -0.15) is 29.5 Å². The van der Waals surface area contributed by atoms with E-state index in [9.17, 15) is 40.1 Å². The number of rotatable bonds is 14. The number of thiol groups is 1. The largest absolute Gasteiger partial charge is 0.493 e. The normalized spacial score (nSPS) is 23.3. The molecule has 4 aliphatic rings. The first-order chi connectivity index (χ1) is 25.9. The summed E-state index contributed by atoms with van der Waals surface area (Å²) in [7, 11) is -9.59. The molecule has 21 heteroatoms. The maximum absolute atomic E-state index is 14.1. The second kappa shape index (κ2) is 15.5. The van der Waals surface area contributed by atoms with Gasteiger partial charge in [-0.1, -0.05) is 24.3 Å². The second-order valence-corrected chi connectivity index (χ2v) is 20.8. The van der Waals surface area contributed by atoms with Crippen molar-refractivity contribution < 1.29 is 59.0 Å². The lowest BCUT2D eigenvalue weighted by Gasteiger charge is -2.26. The van der Waals surface area contributed by atoms with E-state index in [2.05, 4.69) is 36.4 Å². The quantitative estimate of drug-likeness (QED) is 0.0796. The molecule has 2 saturated heterocycles. The molecule has 2 aromatic carbocycles. The molecule has 17 nitrogen and oxygen atoms in total. The van der Waals surface area contributed by atoms with Crippen molar-refractivity contribution >= 4 is 63.2 Å². The summed E-state index contributed by atoms with van der Waals surface area (Å²) in [4.78, 5) is 29.8. The zero-order valence-electron chi connectivity index (χ0n) is 30.1. The second-order valence-electron chi connectivity index (χ2n) is 13.8. The SMILES string of the molecule is C=C1C[C@H]2C(S(=O)(=O)O)Nc3cc(OCCP(=O)(CCS)CCOc4cc5c(cc4OC)C(=O)N4CC(=C)C[C@H]4C(S(=O)(=O)O)N5)c(OC)cc3C(=O)N2C1. The lowest BCUT2D eigenvalue weighted by Crippen LogP contribution is -2.47. The summed E-state index contributed by atoms with van der Waals surface area (Å²) in [6, 6.07) is 3.88. The van der Waals surface area contributed by atoms with Crippen LogP contribution in [0.1, 0.15) is 33.6 Å². The Bertz CT molecular complexity index is 2050. The van der Waals surface area contributed by atoms with Crippen molar-refractivity contribution in [1.29, 1.82) is 0 Å². The summed E-state index contributed by atoms with van der Waals surface area (Å²) in [5.74, 6) is -0.0316. The number of hydrogen-bond donors (Lipinski definition) is 5. The van der Waals surface area contributed by atoms with Gasteiger partial charge in [-0.3, -0.25) is 18.7 Å². The molecule has 4 N–H and O–H groups in total. The topological polar surface area (TPSA) is 227 Å². The van der Waals surface area contributed by atoms with Crippen LogP contribution in [0.15, 0.2) is 48.6 Å². The van der Waals surface area contributed by atoms with Gasteiger partial charge in [-0.05, 0) is 30.7 Å². The minimum absolute atomic E-state index is 0.0697. The smallest absolute Gasteiger partial charge is 0.288 e. The summed E-state index contributed by atoms with van der Waals surface area (Å²) in [6.07, 6.45) is 0.745. The maximum Gasteiger partial charge on any atom is 0.288 e. The monoisotopic (exact) mass is 842 g/mol. The third-order valence-corrected chi connectivity index (χ3v) is 15.9. The molecule has 2 unspecified atom stereocenters. The summed E-state index contributed by atoms with van der Waals surface area (Å²) < 4.78 is 107. The Morgan fingerprint density at radius 1 is 0.745 bits per heavy atom. The van der Waals surface area contributed by atoms with Crippen molar-refractivity contribution in [2.75, 3.05) is 75.4 Å². The molecular formula is C34H43N4O13PS3. The number of nitrogens with one attached hydrogen (secondary N) is 2. The number of amides is 2. The molecule has 4 heterocycles. The Hall–Kier alpha value is -3.94. The predicted molar refractivity (Wildman–Crippen MR) is 208 cm³/mol. The van der Waals surface area contributed by atoms with Gasteiger partial charge in [-0.25, -0.2) is 0 Å². The summed E-state index contributed by atoms with van der Waals surface area (Å²) in [6.45, 7) is 7.89. The molecular weight excluding hydrogens is 800 g/mol. The van der Waals surface area contributed by atoms with Gasteiger partial charge >= 0.3 is 0 Å². The Kier molecular flexibility index (Phi) is 11.5. The molecule has 0 bridgehead atoms. The zero-order valence-corrected chi connectivity index (χ0v) is 33.5. The molecule has 4 atom stereocenters. The maximum atomic E-state index is 14.1. The average Bonchev–Trinajstić information content (AvgIpc) is 3.63. The predicted octanol–water partition coefficient (Wildman–Crippen LogP) is 3.27. The van der Waals surface area contributed by atoms with Crippen LogP contribution in [0.4, 0.5) is 11.4 Å². The third kappa shape index (κ3) is 8.30. The van der Waals surface area contributed by atoms with Crippen molar-refractivity contribution in [3.8, 4) is 23.0 Å². The Morgan fingerprint density at radius 3 is 1.49 bits per heavy atom. The highest BCUT2D eigenvalue weighted by Crippen LogP contribution is 2.47. The van der Waals surface area contributed by atoms with E-state index in [0.717, 1.165) is 0 Å². The summed E-state index contributed by atoms with van der Waals surface area (Å²) >= 11 is 4.30. The minimum Gasteiger partial charge on any atom is -0.493 e. The fourth-order valence-corrected chi connectivity index (χ4v) is 12.2. The Morgan fingerprint density at radius 2 is 1.15 bits per heavy atom. The van der Waals surface area contributed by atoms with Gasteiger partial charge in [0.1, 0.15) is 0 Å². The van der Waals surface area contributed by atoms with E-state index in [4.69, 9.17) is 18.9 Å². The number of carbonyl (C=O) groups is 2. The van der Waals surface area contributed by atoms with Crippen molar-refractivity contribution in [1.82, 2.24) is 9.80 Å². The van der Waals surface area contributed by atoms with Crippen molar-refractivity contribution in [2.45, 2.75) is 35.7 Å². The number of ether oxygens (including phenoxy) is 4. The fraction of sp³-hybridized carbons (Fsp3) is 0.471. The van der Waals surface area contributed by atoms with E-state index in [0.29, 0.717) is 16.9 Å². The number of nitrogens with zero attached hydrogens (tertiary/aromatic N) is 2. The van der Waals surface area contributed by atoms with E-state index in [1.165, 1.54) is 48.3 Å². The highest BCUT2D eigenvalue weighted by atomic mass is 32.2. The van der Waals surface area contributed by atoms with Crippen LogP contribution in [0.25, 0.3) is 0 Å². The van der Waals surface area contributed by atoms with Crippen LogP contribution in [0.5, 0.6) is 23.0 Å². The number of benzene rings is 2. The van der Waals surface area contributed by atoms with Gasteiger partial charge < -0.3 is 43.9 Å². The Labute approximate surface area is 324 Å². The third-order valence-electron chi connectivity index (χ3n) is 10.1. The molecule has 6 rings (SSSR count). The lowest BCUT2D eigenvalue weighted by molar-refractivity contribution is 0.0737. The summed E-state index contributed by atoms with van der Waals surface area (Å²) in [5.41, 5.74) is 1.73. The fourth-order valence-electron chi connectivity index (χ4n) is 7.42. The molecule has 0 radical (unpaired) electrons. The van der Waals surface area contributed by atoms with Crippen molar-refractivity contribution in [2.24, 2.45) is 0 Å². The van der Waals surface area contributed by atoms with Gasteiger partial charge in [0.15, 0.2) is 33.7 Å². The molecule has 0 aromatic heterocycles. The number of carbonyl (C=O) groups excluding carboxylic acids is 2. The van der Waals surface area contributed by atoms with Gasteiger partial charge in [0.05, 0.1) is 69.2 Å².